The Labute approximate surface area is 116 Å². The summed E-state index contributed by atoms with van der Waals surface area (Å²) in [4.78, 5) is 0. The summed E-state index contributed by atoms with van der Waals surface area (Å²) in [7, 11) is 0. The van der Waals surface area contributed by atoms with Gasteiger partial charge >= 0.3 is 0 Å². The molecule has 0 heterocycles. The van der Waals surface area contributed by atoms with E-state index in [1.807, 2.05) is 12.1 Å². The average molecular weight is 263 g/mol. The number of hydrogen-bond donors (Lipinski definition) is 1. The highest BCUT2D eigenvalue weighted by atomic mass is 19.1. The second kappa shape index (κ2) is 9.74. The van der Waals surface area contributed by atoms with Gasteiger partial charge < -0.3 is 5.32 Å². The Bertz CT molecular complexity index is 362. The molecule has 2 heteroatoms. The van der Waals surface area contributed by atoms with Crippen molar-refractivity contribution in [2.75, 3.05) is 6.54 Å². The molecule has 19 heavy (non-hydrogen) atoms. The predicted octanol–water partition coefficient (Wildman–Crippen LogP) is 5.00. The van der Waals surface area contributed by atoms with Gasteiger partial charge in [0.15, 0.2) is 0 Å². The number of halogens is 1. The van der Waals surface area contributed by atoms with Gasteiger partial charge in [-0.25, -0.2) is 4.39 Å². The fraction of sp³-hybridized carbons (Fsp3) is 0.529. The highest BCUT2D eigenvalue weighted by Gasteiger charge is 2.10. The normalized spacial score (nSPS) is 12.3. The molecule has 0 radical (unpaired) electrons. The molecular formula is C17H26FN. The number of benzene rings is 1. The van der Waals surface area contributed by atoms with Crippen LogP contribution in [0.2, 0.25) is 0 Å². The monoisotopic (exact) mass is 263 g/mol. The quantitative estimate of drug-likeness (QED) is 0.462. The van der Waals surface area contributed by atoms with E-state index in [1.54, 1.807) is 12.1 Å². The molecule has 1 atom stereocenters. The Kier molecular flexibility index (Phi) is 8.15. The van der Waals surface area contributed by atoms with Gasteiger partial charge in [0.05, 0.1) is 0 Å². The SMILES string of the molecule is C=CCCCCCC(NCCC)c1cccc(F)c1. The van der Waals surface area contributed by atoms with Gasteiger partial charge in [-0.3, -0.25) is 0 Å². The van der Waals surface area contributed by atoms with E-state index in [1.165, 1.54) is 25.3 Å². The third-order valence-electron chi connectivity index (χ3n) is 3.29. The highest BCUT2D eigenvalue weighted by Crippen LogP contribution is 2.21. The van der Waals surface area contributed by atoms with Crippen LogP contribution in [0.3, 0.4) is 0 Å². The summed E-state index contributed by atoms with van der Waals surface area (Å²) < 4.78 is 13.3. The van der Waals surface area contributed by atoms with E-state index in [-0.39, 0.29) is 11.9 Å². The van der Waals surface area contributed by atoms with Crippen molar-refractivity contribution in [3.63, 3.8) is 0 Å². The van der Waals surface area contributed by atoms with Crippen molar-refractivity contribution >= 4 is 0 Å². The number of rotatable bonds is 10. The Balaban J connectivity index is 2.49. The summed E-state index contributed by atoms with van der Waals surface area (Å²) >= 11 is 0. The van der Waals surface area contributed by atoms with Crippen molar-refractivity contribution in [2.24, 2.45) is 0 Å². The first-order valence-corrected chi connectivity index (χ1v) is 7.37. The molecule has 1 unspecified atom stereocenters. The lowest BCUT2D eigenvalue weighted by atomic mass is 9.99. The van der Waals surface area contributed by atoms with Crippen LogP contribution in [0.5, 0.6) is 0 Å². The molecule has 106 valence electrons. The lowest BCUT2D eigenvalue weighted by Crippen LogP contribution is -2.22. The maximum Gasteiger partial charge on any atom is 0.123 e. The summed E-state index contributed by atoms with van der Waals surface area (Å²) in [5.41, 5.74) is 1.07. The van der Waals surface area contributed by atoms with Crippen LogP contribution in [-0.2, 0) is 0 Å². The summed E-state index contributed by atoms with van der Waals surface area (Å²) in [5, 5.41) is 3.52. The minimum atomic E-state index is -0.146. The van der Waals surface area contributed by atoms with Gasteiger partial charge in [0.25, 0.3) is 0 Å². The van der Waals surface area contributed by atoms with Crippen LogP contribution < -0.4 is 5.32 Å². The lowest BCUT2D eigenvalue weighted by Gasteiger charge is -2.19. The minimum absolute atomic E-state index is 0.146. The standard InChI is InChI=1S/C17H26FN/c1-3-5-6-7-8-12-17(19-13-4-2)15-10-9-11-16(18)14-15/h3,9-11,14,17,19H,1,4-8,12-13H2,2H3. The van der Waals surface area contributed by atoms with Gasteiger partial charge in [0, 0.05) is 6.04 Å². The lowest BCUT2D eigenvalue weighted by molar-refractivity contribution is 0.469. The summed E-state index contributed by atoms with van der Waals surface area (Å²) in [6.45, 7) is 6.87. The smallest absolute Gasteiger partial charge is 0.123 e. The van der Waals surface area contributed by atoms with E-state index >= 15 is 0 Å². The van der Waals surface area contributed by atoms with E-state index in [2.05, 4.69) is 18.8 Å². The third kappa shape index (κ3) is 6.53. The van der Waals surface area contributed by atoms with Crippen LogP contribution in [0.25, 0.3) is 0 Å². The van der Waals surface area contributed by atoms with E-state index in [4.69, 9.17) is 0 Å². The van der Waals surface area contributed by atoms with Gasteiger partial charge in [0.1, 0.15) is 5.82 Å². The molecule has 1 N–H and O–H groups in total. The number of unbranched alkanes of at least 4 members (excludes halogenated alkanes) is 3. The fourth-order valence-corrected chi connectivity index (χ4v) is 2.24. The van der Waals surface area contributed by atoms with Crippen molar-refractivity contribution < 1.29 is 4.39 Å². The van der Waals surface area contributed by atoms with Crippen LogP contribution >= 0.6 is 0 Å². The van der Waals surface area contributed by atoms with Crippen molar-refractivity contribution in [2.45, 2.75) is 51.5 Å². The molecule has 0 saturated heterocycles. The second-order valence-corrected chi connectivity index (χ2v) is 4.99. The molecule has 0 aliphatic rings. The van der Waals surface area contributed by atoms with Crippen LogP contribution in [0.15, 0.2) is 36.9 Å². The van der Waals surface area contributed by atoms with Crippen molar-refractivity contribution in [3.8, 4) is 0 Å². The van der Waals surface area contributed by atoms with Gasteiger partial charge in [-0.2, -0.15) is 0 Å². The summed E-state index contributed by atoms with van der Waals surface area (Å²) in [5.74, 6) is -0.146. The van der Waals surface area contributed by atoms with Gasteiger partial charge in [-0.15, -0.1) is 6.58 Å². The zero-order chi connectivity index (χ0) is 13.9. The zero-order valence-corrected chi connectivity index (χ0v) is 12.0. The Morgan fingerprint density at radius 2 is 2.16 bits per heavy atom. The molecule has 1 nitrogen and oxygen atoms in total. The van der Waals surface area contributed by atoms with E-state index in [0.29, 0.717) is 0 Å². The molecule has 1 rings (SSSR count). The molecule has 0 bridgehead atoms. The minimum Gasteiger partial charge on any atom is -0.310 e. The first-order valence-electron chi connectivity index (χ1n) is 7.37. The van der Waals surface area contributed by atoms with Crippen LogP contribution in [0.1, 0.15) is 57.1 Å². The van der Waals surface area contributed by atoms with Crippen LogP contribution in [0, 0.1) is 5.82 Å². The van der Waals surface area contributed by atoms with E-state index in [0.717, 1.165) is 31.4 Å². The molecule has 0 fully saturated rings. The fourth-order valence-electron chi connectivity index (χ4n) is 2.24. The van der Waals surface area contributed by atoms with E-state index in [9.17, 15) is 4.39 Å². The first-order chi connectivity index (χ1) is 9.27. The topological polar surface area (TPSA) is 12.0 Å². The van der Waals surface area contributed by atoms with E-state index < -0.39 is 0 Å². The molecule has 0 aliphatic carbocycles. The second-order valence-electron chi connectivity index (χ2n) is 4.99. The zero-order valence-electron chi connectivity index (χ0n) is 12.0. The maximum atomic E-state index is 13.3. The largest absolute Gasteiger partial charge is 0.310 e. The average Bonchev–Trinajstić information content (AvgIpc) is 2.42. The number of nitrogens with one attached hydrogen (secondary N) is 1. The van der Waals surface area contributed by atoms with Gasteiger partial charge in [-0.1, -0.05) is 38.0 Å². The van der Waals surface area contributed by atoms with Crippen molar-refractivity contribution in [1.82, 2.24) is 5.32 Å². The molecular weight excluding hydrogens is 237 g/mol. The number of allylic oxidation sites excluding steroid dienone is 1. The van der Waals surface area contributed by atoms with Crippen molar-refractivity contribution in [3.05, 3.63) is 48.3 Å². The Hall–Kier alpha value is -1.15. The van der Waals surface area contributed by atoms with Crippen LogP contribution in [-0.4, -0.2) is 6.54 Å². The molecule has 0 saturated carbocycles. The Morgan fingerprint density at radius 3 is 2.84 bits per heavy atom. The molecule has 1 aromatic rings. The maximum absolute atomic E-state index is 13.3. The molecule has 1 aromatic carbocycles. The highest BCUT2D eigenvalue weighted by molar-refractivity contribution is 5.20. The molecule has 0 spiro atoms. The summed E-state index contributed by atoms with van der Waals surface area (Å²) in [6.07, 6.45) is 8.82. The van der Waals surface area contributed by atoms with Crippen LogP contribution in [0.4, 0.5) is 4.39 Å². The van der Waals surface area contributed by atoms with Gasteiger partial charge in [0.2, 0.25) is 0 Å². The van der Waals surface area contributed by atoms with Gasteiger partial charge in [-0.05, 0) is 49.9 Å². The third-order valence-corrected chi connectivity index (χ3v) is 3.29. The summed E-state index contributed by atoms with van der Waals surface area (Å²) in [6, 6.07) is 7.24. The molecule has 0 amide bonds. The molecule has 0 aliphatic heterocycles. The van der Waals surface area contributed by atoms with Crippen molar-refractivity contribution in [1.29, 1.82) is 0 Å². The molecule has 0 aromatic heterocycles. The predicted molar refractivity (Wildman–Crippen MR) is 80.7 cm³/mol. The Morgan fingerprint density at radius 1 is 1.32 bits per heavy atom. The first kappa shape index (κ1) is 15.9. The number of hydrogen-bond acceptors (Lipinski definition) is 1.